The van der Waals surface area contributed by atoms with Gasteiger partial charge in [-0.25, -0.2) is 0 Å². The Morgan fingerprint density at radius 3 is 3.00 bits per heavy atom. The van der Waals surface area contributed by atoms with Crippen molar-refractivity contribution in [1.82, 2.24) is 10.2 Å². The van der Waals surface area contributed by atoms with E-state index in [1.54, 1.807) is 6.07 Å². The zero-order valence-electron chi connectivity index (χ0n) is 10.9. The Balaban J connectivity index is 1.72. The Bertz CT molecular complexity index is 491. The van der Waals surface area contributed by atoms with Crippen LogP contribution in [0.4, 0.5) is 0 Å². The molecule has 2 heterocycles. The van der Waals surface area contributed by atoms with Crippen molar-refractivity contribution in [3.63, 3.8) is 0 Å². The molecule has 4 atom stereocenters. The number of amides is 1. The van der Waals surface area contributed by atoms with Gasteiger partial charge in [0, 0.05) is 12.5 Å². The molecule has 4 nitrogen and oxygen atoms in total. The molecule has 2 aliphatic rings. The van der Waals surface area contributed by atoms with Gasteiger partial charge in [0.2, 0.25) is 0 Å². The first-order valence-electron chi connectivity index (χ1n) is 6.41. The quantitative estimate of drug-likeness (QED) is 0.926. The van der Waals surface area contributed by atoms with Crippen LogP contribution in [-0.4, -0.2) is 49.7 Å². The van der Waals surface area contributed by atoms with Crippen molar-refractivity contribution in [3.05, 3.63) is 21.3 Å². The van der Waals surface area contributed by atoms with Gasteiger partial charge in [-0.2, -0.15) is 0 Å². The van der Waals surface area contributed by atoms with Gasteiger partial charge in [0.25, 0.3) is 5.91 Å². The maximum atomic E-state index is 12.2. The molecule has 2 fully saturated rings. The highest BCUT2D eigenvalue weighted by atomic mass is 35.5. The van der Waals surface area contributed by atoms with E-state index in [1.165, 1.54) is 11.3 Å². The fraction of sp³-hybridized carbons (Fsp3) is 0.615. The number of likely N-dealkylation sites (N-methyl/N-ethyl adjacent to an activating group) is 1. The summed E-state index contributed by atoms with van der Waals surface area (Å²) >= 11 is 7.38. The van der Waals surface area contributed by atoms with Gasteiger partial charge in [0.05, 0.1) is 23.2 Å². The minimum absolute atomic E-state index is 0.0674. The molecule has 1 aromatic rings. The molecule has 0 bridgehead atoms. The highest BCUT2D eigenvalue weighted by Gasteiger charge is 2.55. The number of fused-ring (bicyclic) bond motifs is 1. The number of thiophene rings is 1. The van der Waals surface area contributed by atoms with Crippen LogP contribution in [0.15, 0.2) is 11.4 Å². The van der Waals surface area contributed by atoms with Gasteiger partial charge in [0.15, 0.2) is 0 Å². The molecular formula is C13H17ClN2O2S. The Labute approximate surface area is 121 Å². The lowest BCUT2D eigenvalue weighted by Gasteiger charge is -2.50. The number of hydrogen-bond acceptors (Lipinski definition) is 4. The minimum Gasteiger partial charge on any atom is -0.376 e. The highest BCUT2D eigenvalue weighted by Crippen LogP contribution is 2.41. The summed E-state index contributed by atoms with van der Waals surface area (Å²) in [7, 11) is 4.06. The van der Waals surface area contributed by atoms with E-state index < -0.39 is 0 Å². The van der Waals surface area contributed by atoms with Crippen molar-refractivity contribution in [2.24, 2.45) is 5.92 Å². The van der Waals surface area contributed by atoms with Crippen LogP contribution in [0.5, 0.6) is 0 Å². The van der Waals surface area contributed by atoms with Gasteiger partial charge in [-0.1, -0.05) is 11.6 Å². The van der Waals surface area contributed by atoms with Crippen LogP contribution in [0, 0.1) is 5.92 Å². The number of ether oxygens (including phenoxy) is 1. The third-order valence-corrected chi connectivity index (χ3v) is 5.41. The van der Waals surface area contributed by atoms with E-state index in [2.05, 4.69) is 10.2 Å². The zero-order valence-corrected chi connectivity index (χ0v) is 12.5. The second-order valence-corrected chi connectivity index (χ2v) is 6.66. The predicted octanol–water partition coefficient (Wildman–Crippen LogP) is 1.85. The summed E-state index contributed by atoms with van der Waals surface area (Å²) in [6.45, 7) is 0.797. The second-order valence-electron chi connectivity index (χ2n) is 5.34. The van der Waals surface area contributed by atoms with Crippen molar-refractivity contribution >= 4 is 28.8 Å². The molecule has 1 saturated carbocycles. The lowest BCUT2D eigenvalue weighted by atomic mass is 9.71. The first-order valence-corrected chi connectivity index (χ1v) is 7.67. The van der Waals surface area contributed by atoms with Crippen LogP contribution in [0.2, 0.25) is 5.02 Å². The summed E-state index contributed by atoms with van der Waals surface area (Å²) in [6.07, 6.45) is 1.29. The summed E-state index contributed by atoms with van der Waals surface area (Å²) < 4.78 is 5.74. The van der Waals surface area contributed by atoms with Crippen LogP contribution in [0.3, 0.4) is 0 Å². The van der Waals surface area contributed by atoms with Crippen molar-refractivity contribution in [2.45, 2.75) is 24.6 Å². The number of nitrogens with zero attached hydrogens (tertiary/aromatic N) is 1. The largest absolute Gasteiger partial charge is 0.376 e. The van der Waals surface area contributed by atoms with Gasteiger partial charge in [-0.3, -0.25) is 4.79 Å². The maximum Gasteiger partial charge on any atom is 0.263 e. The van der Waals surface area contributed by atoms with Crippen molar-refractivity contribution < 1.29 is 9.53 Å². The standard InChI is InChI=1S/C13H17ClN2O2S/c1-16(2)10-9(7-3-5-18-11(7)10)15-13(17)12-8(14)4-6-19-12/h4,6-7,9-11H,3,5H2,1-2H3,(H,15,17)/t7-,9+,10-,11-/m1/s1. The van der Waals surface area contributed by atoms with E-state index in [9.17, 15) is 4.79 Å². The summed E-state index contributed by atoms with van der Waals surface area (Å²) in [5, 5.41) is 5.49. The molecule has 0 radical (unpaired) electrons. The van der Waals surface area contributed by atoms with Crippen molar-refractivity contribution in [3.8, 4) is 0 Å². The molecule has 6 heteroatoms. The van der Waals surface area contributed by atoms with Gasteiger partial charge < -0.3 is 15.0 Å². The zero-order chi connectivity index (χ0) is 13.6. The number of carbonyl (C=O) groups excluding carboxylic acids is 1. The Hall–Kier alpha value is -0.620. The fourth-order valence-electron chi connectivity index (χ4n) is 3.16. The fourth-order valence-corrected chi connectivity index (χ4v) is 4.20. The first kappa shape index (κ1) is 13.4. The molecule has 104 valence electrons. The summed E-state index contributed by atoms with van der Waals surface area (Å²) in [5.41, 5.74) is 0. The van der Waals surface area contributed by atoms with Gasteiger partial charge in [0.1, 0.15) is 4.88 Å². The monoisotopic (exact) mass is 300 g/mol. The number of carbonyl (C=O) groups is 1. The lowest BCUT2D eigenvalue weighted by molar-refractivity contribution is -0.0663. The third-order valence-electron chi connectivity index (χ3n) is 4.07. The van der Waals surface area contributed by atoms with Gasteiger partial charge >= 0.3 is 0 Å². The normalized spacial score (nSPS) is 33.1. The van der Waals surface area contributed by atoms with Crippen LogP contribution < -0.4 is 5.32 Å². The molecule has 1 saturated heterocycles. The second kappa shape index (κ2) is 5.05. The summed E-state index contributed by atoms with van der Waals surface area (Å²) in [4.78, 5) is 15.0. The number of halogens is 1. The molecule has 19 heavy (non-hydrogen) atoms. The molecular weight excluding hydrogens is 284 g/mol. The molecule has 1 aliphatic carbocycles. The Kier molecular flexibility index (Phi) is 3.55. The molecule has 0 aromatic carbocycles. The number of rotatable bonds is 3. The summed E-state index contributed by atoms with van der Waals surface area (Å²) in [5.74, 6) is 0.372. The predicted molar refractivity (Wildman–Crippen MR) is 75.9 cm³/mol. The van der Waals surface area contributed by atoms with E-state index in [4.69, 9.17) is 16.3 Å². The first-order chi connectivity index (χ1) is 9.09. The van der Waals surface area contributed by atoms with Crippen LogP contribution in [-0.2, 0) is 4.74 Å². The van der Waals surface area contributed by atoms with Gasteiger partial charge in [-0.05, 0) is 32.0 Å². The number of nitrogens with one attached hydrogen (secondary N) is 1. The summed E-state index contributed by atoms with van der Waals surface area (Å²) in [6, 6.07) is 2.18. The van der Waals surface area contributed by atoms with Crippen LogP contribution in [0.1, 0.15) is 16.1 Å². The molecule has 1 N–H and O–H groups in total. The number of hydrogen-bond donors (Lipinski definition) is 1. The highest BCUT2D eigenvalue weighted by molar-refractivity contribution is 7.12. The third kappa shape index (κ3) is 2.18. The molecule has 1 aliphatic heterocycles. The average Bonchev–Trinajstić information content (AvgIpc) is 2.92. The van der Waals surface area contributed by atoms with E-state index in [-0.39, 0.29) is 24.1 Å². The average molecular weight is 301 g/mol. The van der Waals surface area contributed by atoms with E-state index in [0.29, 0.717) is 15.8 Å². The molecule has 3 rings (SSSR count). The Morgan fingerprint density at radius 2 is 2.37 bits per heavy atom. The SMILES string of the molecule is CN(C)[C@@H]1[C@@H](NC(=O)c2sccc2Cl)[C@H]2CCO[C@H]21. The van der Waals surface area contributed by atoms with Gasteiger partial charge in [-0.15, -0.1) is 11.3 Å². The van der Waals surface area contributed by atoms with Crippen molar-refractivity contribution in [1.29, 1.82) is 0 Å². The van der Waals surface area contributed by atoms with Crippen LogP contribution >= 0.6 is 22.9 Å². The molecule has 1 aromatic heterocycles. The van der Waals surface area contributed by atoms with Crippen molar-refractivity contribution in [2.75, 3.05) is 20.7 Å². The molecule has 0 spiro atoms. The van der Waals surface area contributed by atoms with E-state index in [1.807, 2.05) is 19.5 Å². The topological polar surface area (TPSA) is 41.6 Å². The van der Waals surface area contributed by atoms with E-state index >= 15 is 0 Å². The minimum atomic E-state index is -0.0674. The lowest BCUT2D eigenvalue weighted by Crippen LogP contribution is -2.69. The Morgan fingerprint density at radius 1 is 1.58 bits per heavy atom. The van der Waals surface area contributed by atoms with E-state index in [0.717, 1.165) is 13.0 Å². The van der Waals surface area contributed by atoms with Crippen LogP contribution in [0.25, 0.3) is 0 Å². The molecule has 0 unspecified atom stereocenters. The maximum absolute atomic E-state index is 12.2. The molecule has 1 amide bonds. The smallest absolute Gasteiger partial charge is 0.263 e.